The normalized spacial score (nSPS) is 18.1. The predicted molar refractivity (Wildman–Crippen MR) is 68.0 cm³/mol. The van der Waals surface area contributed by atoms with E-state index in [4.69, 9.17) is 0 Å². The third-order valence-electron chi connectivity index (χ3n) is 3.28. The highest BCUT2D eigenvalue weighted by Crippen LogP contribution is 2.17. The summed E-state index contributed by atoms with van der Waals surface area (Å²) in [5.41, 5.74) is -1.14. The van der Waals surface area contributed by atoms with E-state index in [1.165, 1.54) is 24.3 Å². The van der Waals surface area contributed by atoms with Gasteiger partial charge in [-0.2, -0.15) is 0 Å². The van der Waals surface area contributed by atoms with E-state index in [1.807, 2.05) is 0 Å². The van der Waals surface area contributed by atoms with Gasteiger partial charge >= 0.3 is 11.7 Å². The smallest absolute Gasteiger partial charge is 0.328 e. The average molecular weight is 281 g/mol. The number of hydrogen-bond donors (Lipinski definition) is 1. The summed E-state index contributed by atoms with van der Waals surface area (Å²) < 4.78 is 5.76. The van der Waals surface area contributed by atoms with Crippen LogP contribution in [0.1, 0.15) is 6.42 Å². The number of ether oxygens (including phenoxy) is 1. The van der Waals surface area contributed by atoms with E-state index in [1.54, 1.807) is 0 Å². The van der Waals surface area contributed by atoms with E-state index in [0.29, 0.717) is 19.5 Å². The van der Waals surface area contributed by atoms with E-state index in [2.05, 4.69) is 9.72 Å². The van der Waals surface area contributed by atoms with Crippen LogP contribution in [0.4, 0.5) is 0 Å². The number of methoxy groups -OCH3 is 1. The number of nitrogens with one attached hydrogen (secondary N) is 1. The van der Waals surface area contributed by atoms with Crippen LogP contribution in [0.5, 0.6) is 0 Å². The summed E-state index contributed by atoms with van der Waals surface area (Å²) in [7, 11) is 1.31. The Morgan fingerprint density at radius 3 is 2.85 bits per heavy atom. The van der Waals surface area contributed by atoms with Crippen molar-refractivity contribution in [3.05, 3.63) is 33.1 Å². The number of aromatic nitrogens is 2. The summed E-state index contributed by atoms with van der Waals surface area (Å²) in [6, 6.07) is 1.18. The third-order valence-corrected chi connectivity index (χ3v) is 3.28. The minimum absolute atomic E-state index is 0.163. The van der Waals surface area contributed by atoms with Crippen molar-refractivity contribution in [2.45, 2.75) is 13.0 Å². The van der Waals surface area contributed by atoms with E-state index >= 15 is 0 Å². The quantitative estimate of drug-likeness (QED) is 0.684. The van der Waals surface area contributed by atoms with Crippen LogP contribution in [-0.2, 0) is 20.9 Å². The van der Waals surface area contributed by atoms with Crippen LogP contribution in [0.25, 0.3) is 0 Å². The van der Waals surface area contributed by atoms with Gasteiger partial charge < -0.3 is 9.64 Å². The molecular weight excluding hydrogens is 266 g/mol. The van der Waals surface area contributed by atoms with Crippen molar-refractivity contribution in [1.29, 1.82) is 0 Å². The molecular formula is C12H15N3O5. The van der Waals surface area contributed by atoms with E-state index in [0.717, 1.165) is 4.57 Å². The zero-order chi connectivity index (χ0) is 14.7. The Balaban J connectivity index is 2.01. The Labute approximate surface area is 114 Å². The minimum atomic E-state index is -0.630. The summed E-state index contributed by atoms with van der Waals surface area (Å²) in [6.45, 7) is 0.587. The van der Waals surface area contributed by atoms with Gasteiger partial charge in [0.2, 0.25) is 5.91 Å². The molecule has 1 saturated heterocycles. The molecule has 0 aliphatic carbocycles. The molecule has 1 aromatic rings. The number of likely N-dealkylation sites (tertiary alicyclic amines) is 1. The van der Waals surface area contributed by atoms with Crippen LogP contribution in [0, 0.1) is 5.92 Å². The first kappa shape index (κ1) is 14.0. The molecule has 0 radical (unpaired) electrons. The first-order valence-electron chi connectivity index (χ1n) is 6.16. The molecule has 1 aromatic heterocycles. The SMILES string of the molecule is COC(=O)C1CCN(C(=O)Cn2ccc(=O)[nH]c2=O)C1. The molecule has 108 valence electrons. The number of carbonyl (C=O) groups is 2. The van der Waals surface area contributed by atoms with Gasteiger partial charge in [0.1, 0.15) is 6.54 Å². The van der Waals surface area contributed by atoms with Gasteiger partial charge in [0.25, 0.3) is 5.56 Å². The van der Waals surface area contributed by atoms with Crippen LogP contribution in [0.2, 0.25) is 0 Å². The molecule has 8 heteroatoms. The molecule has 0 saturated carbocycles. The topological polar surface area (TPSA) is 101 Å². The maximum absolute atomic E-state index is 12.0. The van der Waals surface area contributed by atoms with Crippen molar-refractivity contribution in [2.75, 3.05) is 20.2 Å². The average Bonchev–Trinajstić information content (AvgIpc) is 2.90. The second-order valence-corrected chi connectivity index (χ2v) is 4.59. The molecule has 0 bridgehead atoms. The van der Waals surface area contributed by atoms with Crippen LogP contribution < -0.4 is 11.2 Å². The molecule has 1 atom stereocenters. The summed E-state index contributed by atoms with van der Waals surface area (Å²) in [5.74, 6) is -0.914. The first-order valence-corrected chi connectivity index (χ1v) is 6.16. The number of amides is 1. The fourth-order valence-corrected chi connectivity index (χ4v) is 2.16. The molecule has 20 heavy (non-hydrogen) atoms. The van der Waals surface area contributed by atoms with E-state index in [9.17, 15) is 19.2 Å². The fraction of sp³-hybridized carbons (Fsp3) is 0.500. The molecule has 2 heterocycles. The summed E-state index contributed by atoms with van der Waals surface area (Å²) in [5, 5.41) is 0. The molecule has 1 amide bonds. The van der Waals surface area contributed by atoms with Gasteiger partial charge in [-0.1, -0.05) is 0 Å². The third kappa shape index (κ3) is 2.95. The lowest BCUT2D eigenvalue weighted by molar-refractivity contribution is -0.145. The monoisotopic (exact) mass is 281 g/mol. The summed E-state index contributed by atoms with van der Waals surface area (Å²) >= 11 is 0. The van der Waals surface area contributed by atoms with Crippen molar-refractivity contribution >= 4 is 11.9 Å². The molecule has 0 spiro atoms. The summed E-state index contributed by atoms with van der Waals surface area (Å²) in [6.07, 6.45) is 1.83. The number of esters is 1. The van der Waals surface area contributed by atoms with Gasteiger partial charge in [0.05, 0.1) is 13.0 Å². The highest BCUT2D eigenvalue weighted by Gasteiger charge is 2.31. The lowest BCUT2D eigenvalue weighted by atomic mass is 10.1. The number of carbonyl (C=O) groups excluding carboxylic acids is 2. The van der Waals surface area contributed by atoms with Gasteiger partial charge in [-0.3, -0.25) is 23.9 Å². The van der Waals surface area contributed by atoms with E-state index < -0.39 is 11.2 Å². The Morgan fingerprint density at radius 2 is 2.20 bits per heavy atom. The Morgan fingerprint density at radius 1 is 1.45 bits per heavy atom. The maximum atomic E-state index is 12.0. The molecule has 8 nitrogen and oxygen atoms in total. The van der Waals surface area contributed by atoms with Gasteiger partial charge in [0, 0.05) is 25.4 Å². The standard InChI is InChI=1S/C12H15N3O5/c1-20-11(18)8-2-4-14(6-8)10(17)7-15-5-3-9(16)13-12(15)19/h3,5,8H,2,4,6-7H2,1H3,(H,13,16,19). The Kier molecular flexibility index (Phi) is 4.02. The number of nitrogens with zero attached hydrogens (tertiary/aromatic N) is 2. The molecule has 1 fully saturated rings. The molecule has 1 N–H and O–H groups in total. The van der Waals surface area contributed by atoms with Crippen molar-refractivity contribution in [2.24, 2.45) is 5.92 Å². The van der Waals surface area contributed by atoms with Crippen molar-refractivity contribution in [3.63, 3.8) is 0 Å². The minimum Gasteiger partial charge on any atom is -0.469 e. The summed E-state index contributed by atoms with van der Waals surface area (Å²) in [4.78, 5) is 49.4. The molecule has 0 aromatic carbocycles. The number of H-pyrrole nitrogens is 1. The van der Waals surface area contributed by atoms with Crippen molar-refractivity contribution < 1.29 is 14.3 Å². The zero-order valence-corrected chi connectivity index (χ0v) is 11.0. The molecule has 1 unspecified atom stereocenters. The molecule has 2 rings (SSSR count). The van der Waals surface area contributed by atoms with Crippen LogP contribution >= 0.6 is 0 Å². The number of hydrogen-bond acceptors (Lipinski definition) is 5. The second-order valence-electron chi connectivity index (χ2n) is 4.59. The zero-order valence-electron chi connectivity index (χ0n) is 11.0. The first-order chi connectivity index (χ1) is 9.51. The predicted octanol–water partition coefficient (Wildman–Crippen LogP) is -1.44. The highest BCUT2D eigenvalue weighted by molar-refractivity contribution is 5.79. The van der Waals surface area contributed by atoms with Crippen LogP contribution in [-0.4, -0.2) is 46.5 Å². The van der Waals surface area contributed by atoms with Gasteiger partial charge in [0.15, 0.2) is 0 Å². The van der Waals surface area contributed by atoms with Crippen LogP contribution in [0.15, 0.2) is 21.9 Å². The van der Waals surface area contributed by atoms with Crippen LogP contribution in [0.3, 0.4) is 0 Å². The Hall–Kier alpha value is -2.38. The lowest BCUT2D eigenvalue weighted by Gasteiger charge is -2.16. The number of rotatable bonds is 3. The van der Waals surface area contributed by atoms with Crippen molar-refractivity contribution in [1.82, 2.24) is 14.5 Å². The maximum Gasteiger partial charge on any atom is 0.328 e. The lowest BCUT2D eigenvalue weighted by Crippen LogP contribution is -2.37. The van der Waals surface area contributed by atoms with Gasteiger partial charge in [-0.05, 0) is 6.42 Å². The number of aromatic amines is 1. The van der Waals surface area contributed by atoms with Gasteiger partial charge in [-0.15, -0.1) is 0 Å². The fourth-order valence-electron chi connectivity index (χ4n) is 2.16. The highest BCUT2D eigenvalue weighted by atomic mass is 16.5. The largest absolute Gasteiger partial charge is 0.469 e. The van der Waals surface area contributed by atoms with Crippen molar-refractivity contribution in [3.8, 4) is 0 Å². The second kappa shape index (κ2) is 5.72. The molecule has 1 aliphatic rings. The van der Waals surface area contributed by atoms with Gasteiger partial charge in [-0.25, -0.2) is 4.79 Å². The van der Waals surface area contributed by atoms with E-state index in [-0.39, 0.29) is 24.3 Å². The Bertz CT molecular complexity index is 632. The molecule has 1 aliphatic heterocycles.